The van der Waals surface area contributed by atoms with Crippen LogP contribution in [0.3, 0.4) is 0 Å². The number of nitrogen functional groups attached to an aromatic ring is 1. The lowest BCUT2D eigenvalue weighted by Gasteiger charge is -2.34. The van der Waals surface area contributed by atoms with Gasteiger partial charge in [0, 0.05) is 35.0 Å². The van der Waals surface area contributed by atoms with Crippen molar-refractivity contribution in [2.45, 2.75) is 16.7 Å². The number of nitrogens with two attached hydrogens (primary N) is 2. The molecule has 3 aromatic rings. The molecule has 2 atom stereocenters. The minimum Gasteiger partial charge on any atom is -0.383 e. The van der Waals surface area contributed by atoms with Crippen LogP contribution in [0, 0.1) is 5.82 Å². The van der Waals surface area contributed by atoms with Crippen LogP contribution in [0.5, 0.6) is 0 Å². The van der Waals surface area contributed by atoms with E-state index in [2.05, 4.69) is 10.1 Å². The number of nitrogens with zero attached hydrogens (tertiary/aromatic N) is 3. The zero-order valence-corrected chi connectivity index (χ0v) is 19.0. The number of anilines is 1. The number of sulfonamides is 1. The summed E-state index contributed by atoms with van der Waals surface area (Å²) < 4.78 is 46.0. The normalized spacial score (nSPS) is 21.2. The SMILES string of the molecule is COCc1cnn2c(N)c(-c3ccc(C4(Cl)C(Cl)=CC=CC4S(N)(=O)=O)cc3F)cnc12. The second kappa shape index (κ2) is 8.13. The van der Waals surface area contributed by atoms with E-state index in [1.807, 2.05) is 0 Å². The highest BCUT2D eigenvalue weighted by Crippen LogP contribution is 2.47. The third-order valence-corrected chi connectivity index (χ3v) is 7.76. The molecule has 0 aliphatic heterocycles. The van der Waals surface area contributed by atoms with Gasteiger partial charge in [-0.1, -0.05) is 35.9 Å². The van der Waals surface area contributed by atoms with Crippen LogP contribution < -0.4 is 10.9 Å². The molecule has 0 spiro atoms. The molecule has 0 bridgehead atoms. The van der Waals surface area contributed by atoms with Crippen LogP contribution >= 0.6 is 23.2 Å². The second-order valence-electron chi connectivity index (χ2n) is 7.21. The van der Waals surface area contributed by atoms with Gasteiger partial charge in [0.1, 0.15) is 21.8 Å². The van der Waals surface area contributed by atoms with Gasteiger partial charge in [-0.25, -0.2) is 22.9 Å². The second-order valence-corrected chi connectivity index (χ2v) is 9.90. The van der Waals surface area contributed by atoms with Gasteiger partial charge in [0.25, 0.3) is 0 Å². The molecular weight excluding hydrogens is 480 g/mol. The van der Waals surface area contributed by atoms with E-state index >= 15 is 4.39 Å². The van der Waals surface area contributed by atoms with E-state index in [0.29, 0.717) is 17.8 Å². The summed E-state index contributed by atoms with van der Waals surface area (Å²) in [6.07, 6.45) is 7.19. The molecule has 0 radical (unpaired) electrons. The van der Waals surface area contributed by atoms with E-state index in [9.17, 15) is 8.42 Å². The third kappa shape index (κ3) is 3.57. The predicted octanol–water partition coefficient (Wildman–Crippen LogP) is 3.05. The predicted molar refractivity (Wildman–Crippen MR) is 121 cm³/mol. The number of hydrogen-bond acceptors (Lipinski definition) is 6. The Morgan fingerprint density at radius 2 is 2.06 bits per heavy atom. The van der Waals surface area contributed by atoms with Gasteiger partial charge in [-0.15, -0.1) is 11.6 Å². The molecular formula is C20H18Cl2FN5O3S. The minimum absolute atomic E-state index is 0.00217. The maximum absolute atomic E-state index is 15.3. The molecule has 0 fully saturated rings. The first-order valence-electron chi connectivity index (χ1n) is 9.24. The molecule has 2 unspecified atom stereocenters. The van der Waals surface area contributed by atoms with Crippen molar-refractivity contribution in [3.8, 4) is 11.1 Å². The van der Waals surface area contributed by atoms with Gasteiger partial charge in [0.2, 0.25) is 10.0 Å². The highest BCUT2D eigenvalue weighted by Gasteiger charge is 2.47. The molecule has 4 N–H and O–H groups in total. The molecule has 32 heavy (non-hydrogen) atoms. The molecule has 1 aliphatic carbocycles. The molecule has 0 saturated heterocycles. The number of hydrogen-bond donors (Lipinski definition) is 2. The number of halogens is 3. The number of allylic oxidation sites excluding steroid dienone is 3. The number of benzene rings is 1. The van der Waals surface area contributed by atoms with Gasteiger partial charge >= 0.3 is 0 Å². The van der Waals surface area contributed by atoms with E-state index in [4.69, 9.17) is 38.8 Å². The summed E-state index contributed by atoms with van der Waals surface area (Å²) in [6, 6.07) is 4.01. The standard InChI is InChI=1S/C20H18Cl2FN5O3S/c1-31-10-11-8-27-28-18(24)14(9-26-19(11)28)13-6-5-12(7-15(13)23)20(22)16(21)3-2-4-17(20)32(25,29)30/h2-9,17H,10,24H2,1H3,(H2,25,29,30). The fraction of sp³-hybridized carbons (Fsp3) is 0.200. The number of primary sulfonamides is 1. The summed E-state index contributed by atoms with van der Waals surface area (Å²) >= 11 is 12.9. The Bertz CT molecular complexity index is 1390. The molecule has 2 heterocycles. The number of rotatable bonds is 5. The zero-order valence-electron chi connectivity index (χ0n) is 16.7. The summed E-state index contributed by atoms with van der Waals surface area (Å²) in [7, 11) is -2.59. The molecule has 12 heteroatoms. The Kier molecular flexibility index (Phi) is 5.76. The van der Waals surface area contributed by atoms with E-state index in [-0.39, 0.29) is 22.0 Å². The van der Waals surface area contributed by atoms with Gasteiger partial charge in [-0.3, -0.25) is 0 Å². The van der Waals surface area contributed by atoms with Crippen LogP contribution in [-0.2, 0) is 26.2 Å². The average molecular weight is 498 g/mol. The van der Waals surface area contributed by atoms with Crippen LogP contribution in [0.15, 0.2) is 53.9 Å². The fourth-order valence-electron chi connectivity index (χ4n) is 3.69. The third-order valence-electron chi connectivity index (χ3n) is 5.24. The number of aromatic nitrogens is 3. The largest absolute Gasteiger partial charge is 0.383 e. The van der Waals surface area contributed by atoms with Crippen LogP contribution in [0.4, 0.5) is 10.2 Å². The van der Waals surface area contributed by atoms with Crippen molar-refractivity contribution in [1.82, 2.24) is 14.6 Å². The molecule has 2 aromatic heterocycles. The quantitative estimate of drug-likeness (QED) is 0.521. The van der Waals surface area contributed by atoms with Gasteiger partial charge in [0.15, 0.2) is 5.65 Å². The van der Waals surface area contributed by atoms with Crippen molar-refractivity contribution in [1.29, 1.82) is 0 Å². The monoisotopic (exact) mass is 497 g/mol. The maximum Gasteiger partial charge on any atom is 0.218 e. The van der Waals surface area contributed by atoms with E-state index in [0.717, 1.165) is 11.6 Å². The first-order chi connectivity index (χ1) is 15.1. The molecule has 168 valence electrons. The van der Waals surface area contributed by atoms with Crippen molar-refractivity contribution in [2.24, 2.45) is 5.14 Å². The average Bonchev–Trinajstić information content (AvgIpc) is 3.14. The van der Waals surface area contributed by atoms with Crippen LogP contribution in [-0.4, -0.2) is 35.4 Å². The zero-order chi connectivity index (χ0) is 23.3. The summed E-state index contributed by atoms with van der Waals surface area (Å²) in [4.78, 5) is 2.55. The van der Waals surface area contributed by atoms with Crippen molar-refractivity contribution in [3.05, 3.63) is 70.8 Å². The molecule has 0 saturated carbocycles. The molecule has 1 aliphatic rings. The van der Waals surface area contributed by atoms with Gasteiger partial charge in [-0.05, 0) is 17.7 Å². The number of fused-ring (bicyclic) bond motifs is 1. The highest BCUT2D eigenvalue weighted by molar-refractivity contribution is 7.90. The molecule has 0 amide bonds. The van der Waals surface area contributed by atoms with Crippen LogP contribution in [0.2, 0.25) is 0 Å². The number of alkyl halides is 1. The Balaban J connectivity index is 1.82. The van der Waals surface area contributed by atoms with Crippen molar-refractivity contribution in [2.75, 3.05) is 12.8 Å². The Labute approximate surface area is 193 Å². The number of methoxy groups -OCH3 is 1. The topological polar surface area (TPSA) is 126 Å². The lowest BCUT2D eigenvalue weighted by atomic mass is 9.89. The fourth-order valence-corrected chi connectivity index (χ4v) is 5.70. The smallest absolute Gasteiger partial charge is 0.218 e. The summed E-state index contributed by atoms with van der Waals surface area (Å²) in [6.45, 7) is 0.296. The van der Waals surface area contributed by atoms with Crippen molar-refractivity contribution in [3.63, 3.8) is 0 Å². The Morgan fingerprint density at radius 3 is 2.72 bits per heavy atom. The number of ether oxygens (including phenoxy) is 1. The molecule has 1 aromatic carbocycles. The van der Waals surface area contributed by atoms with E-state index in [1.165, 1.54) is 41.1 Å². The van der Waals surface area contributed by atoms with Crippen LogP contribution in [0.25, 0.3) is 16.8 Å². The summed E-state index contributed by atoms with van der Waals surface area (Å²) in [5.41, 5.74) is 8.00. The van der Waals surface area contributed by atoms with Gasteiger partial charge in [-0.2, -0.15) is 9.61 Å². The van der Waals surface area contributed by atoms with Gasteiger partial charge in [0.05, 0.1) is 12.8 Å². The first kappa shape index (κ1) is 22.7. The van der Waals surface area contributed by atoms with Crippen LogP contribution in [0.1, 0.15) is 11.1 Å². The first-order valence-corrected chi connectivity index (χ1v) is 11.6. The Hall–Kier alpha value is -2.50. The van der Waals surface area contributed by atoms with E-state index in [1.54, 1.807) is 13.3 Å². The lowest BCUT2D eigenvalue weighted by Crippen LogP contribution is -2.44. The van der Waals surface area contributed by atoms with E-state index < -0.39 is 26.0 Å². The van der Waals surface area contributed by atoms with Crippen molar-refractivity contribution >= 4 is 44.7 Å². The molecule has 8 nitrogen and oxygen atoms in total. The van der Waals surface area contributed by atoms with Gasteiger partial charge < -0.3 is 10.5 Å². The minimum atomic E-state index is -4.14. The maximum atomic E-state index is 15.3. The lowest BCUT2D eigenvalue weighted by molar-refractivity contribution is 0.186. The highest BCUT2D eigenvalue weighted by atomic mass is 35.5. The Morgan fingerprint density at radius 1 is 1.31 bits per heavy atom. The molecule has 4 rings (SSSR count). The van der Waals surface area contributed by atoms with Crippen molar-refractivity contribution < 1.29 is 17.5 Å². The summed E-state index contributed by atoms with van der Waals surface area (Å²) in [5, 5.41) is 8.16. The summed E-state index contributed by atoms with van der Waals surface area (Å²) in [5.74, 6) is -0.530.